The number of methoxy groups -OCH3 is 1. The van der Waals surface area contributed by atoms with Crippen LogP contribution in [0.15, 0.2) is 24.4 Å². The minimum Gasteiger partial charge on any atom is -0.493 e. The van der Waals surface area contributed by atoms with Gasteiger partial charge in [-0.05, 0) is 12.1 Å². The lowest BCUT2D eigenvalue weighted by molar-refractivity contribution is 0.388. The van der Waals surface area contributed by atoms with Crippen molar-refractivity contribution >= 4 is 17.0 Å². The van der Waals surface area contributed by atoms with E-state index in [1.807, 2.05) is 0 Å². The second-order valence-corrected chi connectivity index (χ2v) is 4.26. The third-order valence-electron chi connectivity index (χ3n) is 3.03. The zero-order chi connectivity index (χ0) is 14.3. The summed E-state index contributed by atoms with van der Waals surface area (Å²) in [5.74, 6) is -0.136. The lowest BCUT2D eigenvalue weighted by Crippen LogP contribution is -1.97. The van der Waals surface area contributed by atoms with E-state index >= 15 is 0 Å². The highest BCUT2D eigenvalue weighted by atomic mass is 19.1. The Kier molecular flexibility index (Phi) is 2.74. The number of para-hydroxylation sites is 1. The van der Waals surface area contributed by atoms with Gasteiger partial charge < -0.3 is 10.5 Å². The average molecular weight is 273 g/mol. The number of nitrogens with zero attached hydrogens (tertiary/aromatic N) is 4. The lowest BCUT2D eigenvalue weighted by atomic mass is 10.1. The summed E-state index contributed by atoms with van der Waals surface area (Å²) in [6, 6.07) is 4.67. The van der Waals surface area contributed by atoms with Gasteiger partial charge in [-0.1, -0.05) is 6.07 Å². The molecule has 0 atom stereocenters. The Morgan fingerprint density at radius 1 is 1.35 bits per heavy atom. The van der Waals surface area contributed by atoms with Gasteiger partial charge in [0, 0.05) is 18.8 Å². The molecule has 7 heteroatoms. The van der Waals surface area contributed by atoms with Gasteiger partial charge in [0.25, 0.3) is 0 Å². The van der Waals surface area contributed by atoms with Crippen LogP contribution in [0.5, 0.6) is 5.75 Å². The molecule has 0 aliphatic heterocycles. The van der Waals surface area contributed by atoms with Crippen molar-refractivity contribution in [3.8, 4) is 17.0 Å². The van der Waals surface area contributed by atoms with Crippen molar-refractivity contribution in [2.45, 2.75) is 0 Å². The van der Waals surface area contributed by atoms with Gasteiger partial charge in [-0.2, -0.15) is 10.1 Å². The normalized spacial score (nSPS) is 10.9. The molecule has 20 heavy (non-hydrogen) atoms. The number of hydrogen-bond donors (Lipinski definition) is 1. The summed E-state index contributed by atoms with van der Waals surface area (Å²) in [6.07, 6.45) is 1.57. The van der Waals surface area contributed by atoms with Crippen molar-refractivity contribution in [1.29, 1.82) is 0 Å². The van der Waals surface area contributed by atoms with E-state index in [0.29, 0.717) is 22.3 Å². The van der Waals surface area contributed by atoms with Crippen molar-refractivity contribution in [2.75, 3.05) is 12.8 Å². The van der Waals surface area contributed by atoms with Gasteiger partial charge in [0.05, 0.1) is 12.5 Å². The predicted octanol–water partition coefficient (Wildman–Crippen LogP) is 1.76. The molecule has 6 nitrogen and oxygen atoms in total. The Balaban J connectivity index is 2.33. The summed E-state index contributed by atoms with van der Waals surface area (Å²) in [6.45, 7) is 0. The first-order valence-electron chi connectivity index (χ1n) is 5.90. The van der Waals surface area contributed by atoms with E-state index in [2.05, 4.69) is 15.1 Å². The van der Waals surface area contributed by atoms with E-state index in [1.54, 1.807) is 30.1 Å². The molecule has 0 fully saturated rings. The average Bonchev–Trinajstić information content (AvgIpc) is 2.75. The Hall–Kier alpha value is -2.70. The molecule has 0 aliphatic carbocycles. The third kappa shape index (κ3) is 1.75. The first-order chi connectivity index (χ1) is 9.61. The molecule has 0 saturated carbocycles. The van der Waals surface area contributed by atoms with Crippen molar-refractivity contribution in [3.05, 3.63) is 30.2 Å². The third-order valence-corrected chi connectivity index (χ3v) is 3.03. The molecule has 2 N–H and O–H groups in total. The fourth-order valence-electron chi connectivity index (χ4n) is 2.15. The number of aromatic nitrogens is 4. The SMILES string of the molecule is COc1c(F)cccc1-c1nn(C)c2nc(N)ncc12. The summed E-state index contributed by atoms with van der Waals surface area (Å²) >= 11 is 0. The molecule has 0 spiro atoms. The van der Waals surface area contributed by atoms with E-state index in [1.165, 1.54) is 13.2 Å². The van der Waals surface area contributed by atoms with Crippen LogP contribution in [0.2, 0.25) is 0 Å². The lowest BCUT2D eigenvalue weighted by Gasteiger charge is -2.07. The van der Waals surface area contributed by atoms with E-state index in [4.69, 9.17) is 10.5 Å². The van der Waals surface area contributed by atoms with Gasteiger partial charge in [0.1, 0.15) is 5.69 Å². The van der Waals surface area contributed by atoms with Crippen LogP contribution in [0, 0.1) is 5.82 Å². The van der Waals surface area contributed by atoms with Gasteiger partial charge in [-0.15, -0.1) is 0 Å². The van der Waals surface area contributed by atoms with Gasteiger partial charge in [-0.3, -0.25) is 0 Å². The standard InChI is InChI=1S/C13H12FN5O/c1-19-12-8(6-16-13(15)17-12)10(18-19)7-4-3-5-9(14)11(7)20-2/h3-6H,1-2H3,(H2,15,16,17). The Labute approximate surface area is 114 Å². The first-order valence-corrected chi connectivity index (χ1v) is 5.90. The molecule has 0 aliphatic rings. The van der Waals surface area contributed by atoms with Crippen LogP contribution in [0.25, 0.3) is 22.3 Å². The molecule has 1 aromatic carbocycles. The molecule has 3 aromatic rings. The van der Waals surface area contributed by atoms with Crippen molar-refractivity contribution < 1.29 is 9.13 Å². The molecule has 2 heterocycles. The summed E-state index contributed by atoms with van der Waals surface area (Å²) < 4.78 is 20.5. The fourth-order valence-corrected chi connectivity index (χ4v) is 2.15. The van der Waals surface area contributed by atoms with Crippen LogP contribution in [-0.2, 0) is 7.05 Å². The topological polar surface area (TPSA) is 78.8 Å². The summed E-state index contributed by atoms with van der Waals surface area (Å²) in [7, 11) is 3.16. The molecule has 102 valence electrons. The maximum absolute atomic E-state index is 13.8. The molecule has 0 amide bonds. The highest BCUT2D eigenvalue weighted by molar-refractivity contribution is 5.92. The van der Waals surface area contributed by atoms with Crippen LogP contribution >= 0.6 is 0 Å². The van der Waals surface area contributed by atoms with Gasteiger partial charge >= 0.3 is 0 Å². The summed E-state index contributed by atoms with van der Waals surface area (Å²) in [4.78, 5) is 8.10. The molecule has 0 bridgehead atoms. The number of nitrogen functional groups attached to an aromatic ring is 1. The number of halogens is 1. The highest BCUT2D eigenvalue weighted by Crippen LogP contribution is 2.35. The van der Waals surface area contributed by atoms with Crippen LogP contribution < -0.4 is 10.5 Å². The largest absolute Gasteiger partial charge is 0.493 e. The quantitative estimate of drug-likeness (QED) is 0.769. The highest BCUT2D eigenvalue weighted by Gasteiger charge is 2.18. The Morgan fingerprint density at radius 3 is 2.90 bits per heavy atom. The number of anilines is 1. The number of ether oxygens (including phenoxy) is 1. The Morgan fingerprint density at radius 2 is 2.15 bits per heavy atom. The second kappa shape index (κ2) is 4.44. The molecule has 3 rings (SSSR count). The van der Waals surface area contributed by atoms with E-state index in [9.17, 15) is 4.39 Å². The van der Waals surface area contributed by atoms with Crippen LogP contribution in [0.1, 0.15) is 0 Å². The smallest absolute Gasteiger partial charge is 0.222 e. The number of rotatable bonds is 2. The number of fused-ring (bicyclic) bond motifs is 1. The number of nitrogens with two attached hydrogens (primary N) is 1. The van der Waals surface area contributed by atoms with Crippen LogP contribution in [0.4, 0.5) is 10.3 Å². The summed E-state index contributed by atoms with van der Waals surface area (Å²) in [5.41, 5.74) is 7.26. The maximum atomic E-state index is 13.8. The summed E-state index contributed by atoms with van der Waals surface area (Å²) in [5, 5.41) is 5.05. The molecule has 0 saturated heterocycles. The van der Waals surface area contributed by atoms with Gasteiger partial charge in [-0.25, -0.2) is 14.1 Å². The van der Waals surface area contributed by atoms with Crippen LogP contribution in [0.3, 0.4) is 0 Å². The van der Waals surface area contributed by atoms with Gasteiger partial charge in [0.15, 0.2) is 17.2 Å². The minimum absolute atomic E-state index is 0.143. The minimum atomic E-state index is -0.444. The number of hydrogen-bond acceptors (Lipinski definition) is 5. The number of benzene rings is 1. The predicted molar refractivity (Wildman–Crippen MR) is 72.7 cm³/mol. The van der Waals surface area contributed by atoms with Crippen molar-refractivity contribution in [1.82, 2.24) is 19.7 Å². The molecule has 0 radical (unpaired) electrons. The maximum Gasteiger partial charge on any atom is 0.222 e. The molecule has 0 unspecified atom stereocenters. The van der Waals surface area contributed by atoms with E-state index in [-0.39, 0.29) is 11.7 Å². The van der Waals surface area contributed by atoms with E-state index < -0.39 is 5.82 Å². The number of aryl methyl sites for hydroxylation is 1. The van der Waals surface area contributed by atoms with Crippen molar-refractivity contribution in [2.24, 2.45) is 7.05 Å². The molecular formula is C13H12FN5O. The molecule has 2 aromatic heterocycles. The monoisotopic (exact) mass is 273 g/mol. The zero-order valence-corrected chi connectivity index (χ0v) is 11.0. The van der Waals surface area contributed by atoms with E-state index in [0.717, 1.165) is 0 Å². The first kappa shape index (κ1) is 12.3. The fraction of sp³-hybridized carbons (Fsp3) is 0.154. The Bertz CT molecular complexity index is 799. The van der Waals surface area contributed by atoms with Gasteiger partial charge in [0.2, 0.25) is 5.95 Å². The zero-order valence-electron chi connectivity index (χ0n) is 11.0. The van der Waals surface area contributed by atoms with Crippen molar-refractivity contribution in [3.63, 3.8) is 0 Å². The second-order valence-electron chi connectivity index (χ2n) is 4.26. The van der Waals surface area contributed by atoms with Crippen LogP contribution in [-0.4, -0.2) is 26.9 Å². The molecular weight excluding hydrogens is 261 g/mol.